The second-order valence-electron chi connectivity index (χ2n) is 6.78. The van der Waals surface area contributed by atoms with Gasteiger partial charge < -0.3 is 10.6 Å². The van der Waals surface area contributed by atoms with E-state index >= 15 is 0 Å². The van der Waals surface area contributed by atoms with E-state index in [2.05, 4.69) is 36.4 Å². The van der Waals surface area contributed by atoms with Crippen LogP contribution in [0.3, 0.4) is 0 Å². The lowest BCUT2D eigenvalue weighted by molar-refractivity contribution is 0.210. The molecule has 0 aliphatic heterocycles. The summed E-state index contributed by atoms with van der Waals surface area (Å²) in [5, 5.41) is 5.88. The smallest absolute Gasteiger partial charge is 0.315 e. The molecule has 0 atom stereocenters. The molecule has 1 heterocycles. The molecule has 0 fully saturated rings. The van der Waals surface area contributed by atoms with Gasteiger partial charge in [0.05, 0.1) is 0 Å². The van der Waals surface area contributed by atoms with E-state index in [0.29, 0.717) is 6.54 Å². The monoisotopic (exact) mass is 263 g/mol. The van der Waals surface area contributed by atoms with Crippen LogP contribution in [0.15, 0.2) is 24.5 Å². The minimum absolute atomic E-state index is 0.133. The highest BCUT2D eigenvalue weighted by Gasteiger charge is 2.26. The number of hydrogen-bond acceptors (Lipinski definition) is 2. The van der Waals surface area contributed by atoms with Crippen LogP contribution in [0, 0.1) is 5.41 Å². The van der Waals surface area contributed by atoms with Crippen molar-refractivity contribution in [3.8, 4) is 0 Å². The molecular weight excluding hydrogens is 238 g/mol. The van der Waals surface area contributed by atoms with E-state index in [1.165, 1.54) is 0 Å². The Morgan fingerprint density at radius 1 is 1.16 bits per heavy atom. The second kappa shape index (κ2) is 6.04. The Morgan fingerprint density at radius 2 is 1.74 bits per heavy atom. The van der Waals surface area contributed by atoms with Crippen LogP contribution < -0.4 is 10.6 Å². The van der Waals surface area contributed by atoms with E-state index in [-0.39, 0.29) is 17.0 Å². The zero-order chi connectivity index (χ0) is 14.5. The maximum absolute atomic E-state index is 11.9. The third-order valence-electron chi connectivity index (χ3n) is 2.63. The Bertz CT molecular complexity index is 407. The molecule has 1 aromatic rings. The van der Waals surface area contributed by atoms with Crippen molar-refractivity contribution in [3.63, 3.8) is 0 Å². The third-order valence-corrected chi connectivity index (χ3v) is 2.63. The van der Waals surface area contributed by atoms with Gasteiger partial charge in [-0.1, -0.05) is 20.8 Å². The average Bonchev–Trinajstić information content (AvgIpc) is 2.23. The van der Waals surface area contributed by atoms with Gasteiger partial charge in [0, 0.05) is 24.5 Å². The molecule has 0 radical (unpaired) electrons. The number of nitrogens with one attached hydrogen (secondary N) is 2. The molecule has 0 aromatic carbocycles. The van der Waals surface area contributed by atoms with Crippen LogP contribution in [-0.2, 0) is 6.54 Å². The Morgan fingerprint density at radius 3 is 2.26 bits per heavy atom. The Hall–Kier alpha value is -1.58. The first-order valence-corrected chi connectivity index (χ1v) is 6.63. The van der Waals surface area contributed by atoms with Gasteiger partial charge in [-0.2, -0.15) is 0 Å². The summed E-state index contributed by atoms with van der Waals surface area (Å²) in [6.45, 7) is 11.1. The summed E-state index contributed by atoms with van der Waals surface area (Å²) < 4.78 is 0. The van der Waals surface area contributed by atoms with Crippen molar-refractivity contribution < 1.29 is 4.79 Å². The summed E-state index contributed by atoms with van der Waals surface area (Å²) in [7, 11) is 0. The molecule has 2 amide bonds. The molecule has 19 heavy (non-hydrogen) atoms. The third kappa shape index (κ3) is 6.79. The number of rotatable bonds is 4. The van der Waals surface area contributed by atoms with E-state index in [1.54, 1.807) is 12.4 Å². The highest BCUT2D eigenvalue weighted by molar-refractivity contribution is 5.74. The average molecular weight is 263 g/mol. The highest BCUT2D eigenvalue weighted by Crippen LogP contribution is 2.26. The number of carbonyl (C=O) groups is 1. The molecule has 0 saturated heterocycles. The topological polar surface area (TPSA) is 54.0 Å². The van der Waals surface area contributed by atoms with Crippen molar-refractivity contribution in [1.82, 2.24) is 15.6 Å². The summed E-state index contributed by atoms with van der Waals surface area (Å²) in [5.41, 5.74) is 1.00. The van der Waals surface area contributed by atoms with Crippen LogP contribution >= 0.6 is 0 Å². The summed E-state index contributed by atoms with van der Waals surface area (Å²) in [6.07, 6.45) is 4.36. The molecule has 0 spiro atoms. The van der Waals surface area contributed by atoms with Crippen LogP contribution in [-0.4, -0.2) is 16.6 Å². The fraction of sp³-hybridized carbons (Fsp3) is 0.600. The predicted octanol–water partition coefficient (Wildman–Crippen LogP) is 3.10. The minimum atomic E-state index is -0.222. The summed E-state index contributed by atoms with van der Waals surface area (Å²) >= 11 is 0. The van der Waals surface area contributed by atoms with Gasteiger partial charge in [-0.25, -0.2) is 4.79 Å². The van der Waals surface area contributed by atoms with Gasteiger partial charge >= 0.3 is 6.03 Å². The van der Waals surface area contributed by atoms with Crippen molar-refractivity contribution in [2.24, 2.45) is 5.41 Å². The van der Waals surface area contributed by atoms with Crippen molar-refractivity contribution in [1.29, 1.82) is 0 Å². The number of urea groups is 1. The molecule has 0 saturated carbocycles. The van der Waals surface area contributed by atoms with Gasteiger partial charge in [-0.3, -0.25) is 4.98 Å². The molecule has 0 unspecified atom stereocenters. The number of nitrogens with zero attached hydrogens (tertiary/aromatic N) is 1. The molecule has 0 aliphatic carbocycles. The largest absolute Gasteiger partial charge is 0.334 e. The number of carbonyl (C=O) groups excluding carboxylic acids is 1. The van der Waals surface area contributed by atoms with Crippen molar-refractivity contribution >= 4 is 6.03 Å². The Balaban J connectivity index is 2.43. The second-order valence-corrected chi connectivity index (χ2v) is 6.78. The lowest BCUT2D eigenvalue weighted by atomic mass is 9.82. The maximum atomic E-state index is 11.9. The number of hydrogen-bond donors (Lipinski definition) is 2. The lowest BCUT2D eigenvalue weighted by Crippen LogP contribution is -2.49. The molecule has 4 nitrogen and oxygen atoms in total. The summed E-state index contributed by atoms with van der Waals surface area (Å²) in [4.78, 5) is 15.8. The molecule has 2 N–H and O–H groups in total. The van der Waals surface area contributed by atoms with Gasteiger partial charge in [0.25, 0.3) is 0 Å². The van der Waals surface area contributed by atoms with Gasteiger partial charge in [-0.05, 0) is 43.4 Å². The molecule has 0 bridgehead atoms. The normalized spacial score (nSPS) is 12.1. The first kappa shape index (κ1) is 15.5. The maximum Gasteiger partial charge on any atom is 0.315 e. The van der Waals surface area contributed by atoms with Gasteiger partial charge in [0.15, 0.2) is 0 Å². The Kier molecular flexibility index (Phi) is 4.92. The van der Waals surface area contributed by atoms with E-state index in [9.17, 15) is 4.79 Å². The molecule has 1 rings (SSSR count). The molecule has 4 heteroatoms. The molecule has 0 aliphatic rings. The first-order chi connectivity index (χ1) is 8.68. The van der Waals surface area contributed by atoms with Crippen molar-refractivity contribution in [3.05, 3.63) is 30.1 Å². The summed E-state index contributed by atoms with van der Waals surface area (Å²) in [6, 6.07) is 3.65. The first-order valence-electron chi connectivity index (χ1n) is 6.63. The zero-order valence-corrected chi connectivity index (χ0v) is 12.6. The molecule has 1 aromatic heterocycles. The minimum Gasteiger partial charge on any atom is -0.334 e. The zero-order valence-electron chi connectivity index (χ0n) is 12.6. The van der Waals surface area contributed by atoms with Crippen LogP contribution in [0.4, 0.5) is 4.79 Å². The number of pyridine rings is 1. The SMILES string of the molecule is CC(C)(C)CC(C)(C)NC(=O)NCc1ccncc1. The molecule has 106 valence electrons. The van der Waals surface area contributed by atoms with Crippen LogP contribution in [0.5, 0.6) is 0 Å². The quantitative estimate of drug-likeness (QED) is 0.877. The lowest BCUT2D eigenvalue weighted by Gasteiger charge is -2.33. The fourth-order valence-corrected chi connectivity index (χ4v) is 2.40. The van der Waals surface area contributed by atoms with Gasteiger partial charge in [0.1, 0.15) is 0 Å². The highest BCUT2D eigenvalue weighted by atomic mass is 16.2. The molecular formula is C15H25N3O. The Labute approximate surface area is 116 Å². The van der Waals surface area contributed by atoms with E-state index < -0.39 is 0 Å². The summed E-state index contributed by atoms with van der Waals surface area (Å²) in [5.74, 6) is 0. The number of amides is 2. The van der Waals surface area contributed by atoms with Crippen LogP contribution in [0.2, 0.25) is 0 Å². The van der Waals surface area contributed by atoms with Crippen LogP contribution in [0.1, 0.15) is 46.6 Å². The van der Waals surface area contributed by atoms with Crippen molar-refractivity contribution in [2.75, 3.05) is 0 Å². The number of aromatic nitrogens is 1. The van der Waals surface area contributed by atoms with Crippen LogP contribution in [0.25, 0.3) is 0 Å². The standard InChI is InChI=1S/C15H25N3O/c1-14(2,3)11-15(4,5)18-13(19)17-10-12-6-8-16-9-7-12/h6-9H,10-11H2,1-5H3,(H2,17,18,19). The van der Waals surface area contributed by atoms with E-state index in [0.717, 1.165) is 12.0 Å². The van der Waals surface area contributed by atoms with E-state index in [1.807, 2.05) is 26.0 Å². The fourth-order valence-electron chi connectivity index (χ4n) is 2.40. The van der Waals surface area contributed by atoms with Gasteiger partial charge in [-0.15, -0.1) is 0 Å². The van der Waals surface area contributed by atoms with Crippen molar-refractivity contribution in [2.45, 2.75) is 53.1 Å². The predicted molar refractivity (Wildman–Crippen MR) is 77.8 cm³/mol. The van der Waals surface area contributed by atoms with Gasteiger partial charge in [0.2, 0.25) is 0 Å². The van der Waals surface area contributed by atoms with E-state index in [4.69, 9.17) is 0 Å².